The highest BCUT2D eigenvalue weighted by Crippen LogP contribution is 2.27. The summed E-state index contributed by atoms with van der Waals surface area (Å²) in [6.07, 6.45) is 6.19. The molecular formula is C25H30N4O5. The molecule has 1 aromatic carbocycles. The number of hydrogen-bond acceptors (Lipinski definition) is 5. The quantitative estimate of drug-likeness (QED) is 0.297. The summed E-state index contributed by atoms with van der Waals surface area (Å²) in [6.45, 7) is 4.39. The maximum atomic E-state index is 13.1. The lowest BCUT2D eigenvalue weighted by Gasteiger charge is -2.26. The van der Waals surface area contributed by atoms with E-state index in [2.05, 4.69) is 15.7 Å². The maximum absolute atomic E-state index is 13.1. The van der Waals surface area contributed by atoms with E-state index in [1.54, 1.807) is 19.2 Å². The Morgan fingerprint density at radius 2 is 2.09 bits per heavy atom. The van der Waals surface area contributed by atoms with E-state index in [4.69, 9.17) is 11.2 Å². The number of carbonyl (C=O) groups is 4. The van der Waals surface area contributed by atoms with E-state index < -0.39 is 23.7 Å². The molecule has 1 aliphatic rings. The first-order valence-corrected chi connectivity index (χ1v) is 11.3. The van der Waals surface area contributed by atoms with Gasteiger partial charge in [0.2, 0.25) is 11.8 Å². The Labute approximate surface area is 198 Å². The van der Waals surface area contributed by atoms with Gasteiger partial charge in [-0.25, -0.2) is 5.01 Å². The Kier molecular flexibility index (Phi) is 7.95. The van der Waals surface area contributed by atoms with Crippen LogP contribution in [-0.2, 0) is 14.4 Å². The van der Waals surface area contributed by atoms with E-state index >= 15 is 0 Å². The van der Waals surface area contributed by atoms with Crippen LogP contribution in [0, 0.1) is 30.1 Å². The molecule has 3 amide bonds. The number of Topliss-reactive ketones (excluding diaryl/α,β-unsaturated/α-hetero) is 1. The molecule has 2 aromatic rings. The molecule has 0 aliphatic carbocycles. The van der Waals surface area contributed by atoms with Crippen molar-refractivity contribution in [1.82, 2.24) is 20.7 Å². The maximum Gasteiger partial charge on any atom is 0.316 e. The molecule has 3 N–H and O–H groups in total. The smallest absolute Gasteiger partial charge is 0.316 e. The summed E-state index contributed by atoms with van der Waals surface area (Å²) in [6, 6.07) is 7.19. The number of ketones is 1. The monoisotopic (exact) mass is 466 g/mol. The minimum Gasteiger partial charge on any atom is -0.496 e. The third-order valence-electron chi connectivity index (χ3n) is 5.88. The zero-order valence-corrected chi connectivity index (χ0v) is 19.6. The molecule has 9 nitrogen and oxygen atoms in total. The van der Waals surface area contributed by atoms with Crippen LogP contribution >= 0.6 is 0 Å². The lowest BCUT2D eigenvalue weighted by atomic mass is 9.91. The van der Waals surface area contributed by atoms with Gasteiger partial charge in [-0.2, -0.15) is 0 Å². The molecule has 0 bridgehead atoms. The third kappa shape index (κ3) is 5.76. The van der Waals surface area contributed by atoms with Crippen LogP contribution in [0.1, 0.15) is 43.6 Å². The van der Waals surface area contributed by atoms with Gasteiger partial charge in [-0.1, -0.05) is 19.9 Å². The van der Waals surface area contributed by atoms with Gasteiger partial charge < -0.3 is 15.0 Å². The minimum atomic E-state index is -0.745. The van der Waals surface area contributed by atoms with Crippen molar-refractivity contribution in [3.05, 3.63) is 30.0 Å². The number of fused-ring (bicyclic) bond motifs is 1. The Balaban J connectivity index is 1.76. The van der Waals surface area contributed by atoms with Crippen molar-refractivity contribution in [2.24, 2.45) is 17.8 Å². The van der Waals surface area contributed by atoms with Gasteiger partial charge in [0.05, 0.1) is 25.3 Å². The van der Waals surface area contributed by atoms with Crippen LogP contribution in [0.4, 0.5) is 0 Å². The molecule has 0 spiro atoms. The molecule has 9 heteroatoms. The molecule has 1 fully saturated rings. The Bertz CT molecular complexity index is 1130. The normalized spacial score (nSPS) is 16.1. The van der Waals surface area contributed by atoms with Gasteiger partial charge in [0.15, 0.2) is 5.78 Å². The second kappa shape index (κ2) is 10.9. The topological polar surface area (TPSA) is 121 Å². The van der Waals surface area contributed by atoms with E-state index in [0.29, 0.717) is 30.8 Å². The number of aromatic nitrogens is 1. The molecule has 0 unspecified atom stereocenters. The largest absolute Gasteiger partial charge is 0.496 e. The van der Waals surface area contributed by atoms with Crippen LogP contribution in [0.3, 0.4) is 0 Å². The second-order valence-corrected chi connectivity index (χ2v) is 8.87. The fourth-order valence-electron chi connectivity index (χ4n) is 4.16. The van der Waals surface area contributed by atoms with E-state index in [9.17, 15) is 19.2 Å². The summed E-state index contributed by atoms with van der Waals surface area (Å²) >= 11 is 0. The number of methoxy groups -OCH3 is 1. The van der Waals surface area contributed by atoms with Gasteiger partial charge in [-0.15, -0.1) is 6.42 Å². The Morgan fingerprint density at radius 1 is 1.32 bits per heavy atom. The highest BCUT2D eigenvalue weighted by molar-refractivity contribution is 6.02. The number of hydrazine groups is 1. The zero-order chi connectivity index (χ0) is 24.8. The van der Waals surface area contributed by atoms with Crippen LogP contribution in [-0.4, -0.2) is 53.7 Å². The molecule has 0 saturated carbocycles. The summed E-state index contributed by atoms with van der Waals surface area (Å²) in [5.74, 6) is -0.0377. The Hall–Kier alpha value is -3.80. The molecular weight excluding hydrogens is 436 g/mol. The van der Waals surface area contributed by atoms with Crippen LogP contribution in [0.2, 0.25) is 0 Å². The molecule has 180 valence electrons. The third-order valence-corrected chi connectivity index (χ3v) is 5.88. The van der Waals surface area contributed by atoms with E-state index in [-0.39, 0.29) is 30.6 Å². The Morgan fingerprint density at radius 3 is 2.71 bits per heavy atom. The number of terminal acetylenes is 1. The highest BCUT2D eigenvalue weighted by Gasteiger charge is 2.31. The van der Waals surface area contributed by atoms with Crippen LogP contribution < -0.4 is 15.5 Å². The minimum absolute atomic E-state index is 0.0231. The van der Waals surface area contributed by atoms with Gasteiger partial charge >= 0.3 is 5.91 Å². The summed E-state index contributed by atoms with van der Waals surface area (Å²) in [7, 11) is 1.56. The number of aromatic amines is 1. The number of carbonyl (C=O) groups excluding carboxylic acids is 4. The summed E-state index contributed by atoms with van der Waals surface area (Å²) in [4.78, 5) is 53.5. The van der Waals surface area contributed by atoms with Crippen molar-refractivity contribution in [3.8, 4) is 18.1 Å². The predicted molar refractivity (Wildman–Crippen MR) is 127 cm³/mol. The summed E-state index contributed by atoms with van der Waals surface area (Å²) < 4.78 is 5.35. The predicted octanol–water partition coefficient (Wildman–Crippen LogP) is 2.04. The first-order valence-electron chi connectivity index (χ1n) is 11.3. The van der Waals surface area contributed by atoms with Gasteiger partial charge in [0.1, 0.15) is 5.75 Å². The zero-order valence-electron chi connectivity index (χ0n) is 19.6. The van der Waals surface area contributed by atoms with Crippen LogP contribution in [0.25, 0.3) is 10.9 Å². The lowest BCUT2D eigenvalue weighted by molar-refractivity contribution is -0.141. The van der Waals surface area contributed by atoms with Crippen molar-refractivity contribution < 1.29 is 23.9 Å². The molecule has 3 rings (SSSR count). The summed E-state index contributed by atoms with van der Waals surface area (Å²) in [5, 5.41) is 4.48. The molecule has 34 heavy (non-hydrogen) atoms. The van der Waals surface area contributed by atoms with E-state index in [1.165, 1.54) is 0 Å². The molecule has 1 aliphatic heterocycles. The molecule has 2 heterocycles. The SMILES string of the molecule is C#CC(=O)N(C[C@@H]1CCNC1=O)NC(=O)[C@@H](CC(=O)c1cc2c(OC)cccc2[nH]1)CC(C)C. The number of benzene rings is 1. The van der Waals surface area contributed by atoms with Crippen LogP contribution in [0.15, 0.2) is 24.3 Å². The van der Waals surface area contributed by atoms with Crippen molar-refractivity contribution in [2.75, 3.05) is 20.2 Å². The fourth-order valence-corrected chi connectivity index (χ4v) is 4.16. The van der Waals surface area contributed by atoms with Crippen molar-refractivity contribution in [2.45, 2.75) is 33.1 Å². The van der Waals surface area contributed by atoms with Gasteiger partial charge in [-0.05, 0) is 42.9 Å². The van der Waals surface area contributed by atoms with Crippen molar-refractivity contribution in [3.63, 3.8) is 0 Å². The highest BCUT2D eigenvalue weighted by atomic mass is 16.5. The number of rotatable bonds is 9. The molecule has 2 atom stereocenters. The van der Waals surface area contributed by atoms with Gasteiger partial charge in [-0.3, -0.25) is 24.6 Å². The lowest BCUT2D eigenvalue weighted by Crippen LogP contribution is -2.51. The van der Waals surface area contributed by atoms with Crippen LogP contribution in [0.5, 0.6) is 5.75 Å². The first-order chi connectivity index (χ1) is 16.2. The number of ether oxygens (including phenoxy) is 1. The molecule has 1 saturated heterocycles. The average molecular weight is 467 g/mol. The van der Waals surface area contributed by atoms with Gasteiger partial charge in [0, 0.05) is 29.8 Å². The van der Waals surface area contributed by atoms with Crippen molar-refractivity contribution >= 4 is 34.4 Å². The number of H-pyrrole nitrogens is 1. The second-order valence-electron chi connectivity index (χ2n) is 8.87. The molecule has 1 aromatic heterocycles. The molecule has 0 radical (unpaired) electrons. The fraction of sp³-hybridized carbons (Fsp3) is 0.440. The van der Waals surface area contributed by atoms with E-state index in [1.807, 2.05) is 31.9 Å². The summed E-state index contributed by atoms with van der Waals surface area (Å²) in [5.41, 5.74) is 3.70. The number of hydrogen-bond donors (Lipinski definition) is 3. The number of nitrogens with zero attached hydrogens (tertiary/aromatic N) is 1. The van der Waals surface area contributed by atoms with Crippen molar-refractivity contribution in [1.29, 1.82) is 0 Å². The van der Waals surface area contributed by atoms with E-state index in [0.717, 1.165) is 15.9 Å². The number of nitrogens with one attached hydrogen (secondary N) is 3. The van der Waals surface area contributed by atoms with Gasteiger partial charge in [0.25, 0.3) is 0 Å². The standard InChI is InChI=1S/C25H30N4O5/c1-5-23(31)29(14-16-9-10-26-24(16)32)28-25(33)17(11-15(2)3)12-21(30)20-13-18-19(27-20)7-6-8-22(18)34-4/h1,6-8,13,15-17,27H,9-12,14H2,2-4H3,(H,26,32)(H,28,33)/t16-,17+/m0/s1. The first kappa shape index (κ1) is 24.8. The number of amides is 3. The average Bonchev–Trinajstić information content (AvgIpc) is 3.43.